The van der Waals surface area contributed by atoms with Gasteiger partial charge >= 0.3 is 5.97 Å². The number of fused-ring (bicyclic) bond motifs is 1. The van der Waals surface area contributed by atoms with Crippen LogP contribution in [0.3, 0.4) is 0 Å². The minimum atomic E-state index is -0.639. The van der Waals surface area contributed by atoms with Gasteiger partial charge in [0.15, 0.2) is 6.61 Å². The molecule has 0 saturated carbocycles. The van der Waals surface area contributed by atoms with Crippen molar-refractivity contribution in [2.75, 3.05) is 26.8 Å². The van der Waals surface area contributed by atoms with Crippen LogP contribution in [0.25, 0.3) is 11.0 Å². The smallest absolute Gasteiger partial charge is 0.375 e. The van der Waals surface area contributed by atoms with Gasteiger partial charge in [-0.2, -0.15) is 0 Å². The first kappa shape index (κ1) is 18.5. The lowest BCUT2D eigenvalue weighted by atomic mass is 9.92. The van der Waals surface area contributed by atoms with E-state index in [1.54, 1.807) is 18.1 Å². The van der Waals surface area contributed by atoms with E-state index in [0.29, 0.717) is 36.1 Å². The monoisotopic (exact) mass is 359 g/mol. The molecule has 1 saturated heterocycles. The van der Waals surface area contributed by atoms with Crippen LogP contribution in [-0.4, -0.2) is 43.6 Å². The van der Waals surface area contributed by atoms with E-state index in [0.717, 1.165) is 11.8 Å². The highest BCUT2D eigenvalue weighted by Gasteiger charge is 2.27. The number of piperidine rings is 1. The van der Waals surface area contributed by atoms with Gasteiger partial charge in [0.25, 0.3) is 5.91 Å². The fourth-order valence-electron chi connectivity index (χ4n) is 3.70. The lowest BCUT2D eigenvalue weighted by molar-refractivity contribution is -0.137. The molecule has 6 heteroatoms. The molecule has 2 aromatic rings. The number of amides is 1. The quantitative estimate of drug-likeness (QED) is 0.767. The minimum Gasteiger partial charge on any atom is -0.450 e. The number of carbonyl (C=O) groups is 2. The first-order valence-corrected chi connectivity index (χ1v) is 8.93. The van der Waals surface area contributed by atoms with E-state index in [2.05, 4.69) is 13.8 Å². The van der Waals surface area contributed by atoms with Gasteiger partial charge in [0.1, 0.15) is 5.58 Å². The summed E-state index contributed by atoms with van der Waals surface area (Å²) in [5, 5.41) is 0.811. The number of likely N-dealkylation sites (tertiary alicyclic amines) is 1. The number of methoxy groups -OCH3 is 1. The zero-order chi connectivity index (χ0) is 18.7. The van der Waals surface area contributed by atoms with E-state index in [1.165, 1.54) is 0 Å². The van der Waals surface area contributed by atoms with Gasteiger partial charge in [-0.15, -0.1) is 0 Å². The van der Waals surface area contributed by atoms with Crippen molar-refractivity contribution in [3.05, 3.63) is 35.6 Å². The molecule has 0 unspecified atom stereocenters. The summed E-state index contributed by atoms with van der Waals surface area (Å²) >= 11 is 0. The second-order valence-corrected chi connectivity index (χ2v) is 7.16. The summed E-state index contributed by atoms with van der Waals surface area (Å²) in [5.74, 6) is 0.214. The highest BCUT2D eigenvalue weighted by atomic mass is 16.5. The molecule has 2 atom stereocenters. The fraction of sp³-hybridized carbons (Fsp3) is 0.500. The molecular weight excluding hydrogens is 334 g/mol. The maximum Gasteiger partial charge on any atom is 0.375 e. The Labute approximate surface area is 153 Å². The number of nitrogens with zero attached hydrogens (tertiary/aromatic N) is 1. The van der Waals surface area contributed by atoms with Crippen molar-refractivity contribution in [2.45, 2.75) is 26.9 Å². The number of para-hydroxylation sites is 1. The molecule has 1 aromatic heterocycles. The fourth-order valence-corrected chi connectivity index (χ4v) is 3.70. The summed E-state index contributed by atoms with van der Waals surface area (Å²) in [5.41, 5.74) is 1.23. The van der Waals surface area contributed by atoms with Gasteiger partial charge in [0.05, 0.1) is 6.61 Å². The van der Waals surface area contributed by atoms with Crippen LogP contribution in [0.1, 0.15) is 36.4 Å². The molecule has 0 spiro atoms. The molecule has 3 rings (SSSR count). The maximum atomic E-state index is 12.5. The third-order valence-electron chi connectivity index (χ3n) is 4.72. The number of benzene rings is 1. The average molecular weight is 359 g/mol. The highest BCUT2D eigenvalue weighted by molar-refractivity contribution is 5.96. The topological polar surface area (TPSA) is 69.0 Å². The van der Waals surface area contributed by atoms with Gasteiger partial charge in [-0.25, -0.2) is 4.79 Å². The van der Waals surface area contributed by atoms with Crippen LogP contribution < -0.4 is 0 Å². The van der Waals surface area contributed by atoms with E-state index >= 15 is 0 Å². The summed E-state index contributed by atoms with van der Waals surface area (Å²) in [6.07, 6.45) is 1.11. The van der Waals surface area contributed by atoms with Crippen LogP contribution in [0, 0.1) is 11.8 Å². The molecule has 26 heavy (non-hydrogen) atoms. The van der Waals surface area contributed by atoms with E-state index in [9.17, 15) is 9.59 Å². The van der Waals surface area contributed by atoms with Crippen molar-refractivity contribution in [1.29, 1.82) is 0 Å². The van der Waals surface area contributed by atoms with Crippen molar-refractivity contribution in [3.8, 4) is 0 Å². The average Bonchev–Trinajstić information content (AvgIpc) is 2.98. The van der Waals surface area contributed by atoms with Gasteiger partial charge < -0.3 is 18.8 Å². The molecule has 1 fully saturated rings. The highest BCUT2D eigenvalue weighted by Crippen LogP contribution is 2.27. The Morgan fingerprint density at radius 2 is 1.88 bits per heavy atom. The van der Waals surface area contributed by atoms with Crippen molar-refractivity contribution in [1.82, 2.24) is 4.90 Å². The number of esters is 1. The Morgan fingerprint density at radius 3 is 2.58 bits per heavy atom. The van der Waals surface area contributed by atoms with Gasteiger partial charge in [-0.1, -0.05) is 32.0 Å². The van der Waals surface area contributed by atoms with E-state index in [4.69, 9.17) is 13.9 Å². The number of ether oxygens (including phenoxy) is 2. The third kappa shape index (κ3) is 3.90. The van der Waals surface area contributed by atoms with Gasteiger partial charge in [0, 0.05) is 31.1 Å². The Kier molecular flexibility index (Phi) is 5.61. The number of hydrogen-bond donors (Lipinski definition) is 0. The Morgan fingerprint density at radius 1 is 1.19 bits per heavy atom. The Hall–Kier alpha value is -2.34. The number of rotatable bonds is 5. The standard InChI is InChI=1S/C20H25NO5/c1-13-8-14(2)10-21(9-13)18(22)12-25-20(23)19-16(11-24-3)15-6-4-5-7-17(15)26-19/h4-7,13-14H,8-12H2,1-3H3/t13-,14+. The zero-order valence-electron chi connectivity index (χ0n) is 15.5. The van der Waals surface area contributed by atoms with Crippen LogP contribution >= 0.6 is 0 Å². The second kappa shape index (κ2) is 7.91. The molecule has 1 aliphatic heterocycles. The Balaban J connectivity index is 1.69. The summed E-state index contributed by atoms with van der Waals surface area (Å²) in [6, 6.07) is 7.35. The zero-order valence-corrected chi connectivity index (χ0v) is 15.5. The van der Waals surface area contributed by atoms with E-state index < -0.39 is 5.97 Å². The Bertz CT molecular complexity index is 787. The first-order chi connectivity index (χ1) is 12.5. The lowest BCUT2D eigenvalue weighted by Crippen LogP contribution is -2.44. The molecule has 0 aliphatic carbocycles. The number of carbonyl (C=O) groups excluding carboxylic acids is 2. The summed E-state index contributed by atoms with van der Waals surface area (Å²) in [7, 11) is 1.55. The van der Waals surface area contributed by atoms with Crippen LogP contribution in [0.4, 0.5) is 0 Å². The predicted molar refractivity (Wildman–Crippen MR) is 96.7 cm³/mol. The third-order valence-corrected chi connectivity index (χ3v) is 4.72. The number of furan rings is 1. The summed E-state index contributed by atoms with van der Waals surface area (Å²) in [4.78, 5) is 26.7. The van der Waals surface area contributed by atoms with Crippen LogP contribution in [0.15, 0.2) is 28.7 Å². The number of hydrogen-bond acceptors (Lipinski definition) is 5. The second-order valence-electron chi connectivity index (χ2n) is 7.16. The molecule has 0 bridgehead atoms. The normalized spacial score (nSPS) is 20.3. The van der Waals surface area contributed by atoms with Crippen molar-refractivity contribution in [3.63, 3.8) is 0 Å². The lowest BCUT2D eigenvalue weighted by Gasteiger charge is -2.34. The van der Waals surface area contributed by atoms with Crippen LogP contribution in [0.2, 0.25) is 0 Å². The summed E-state index contributed by atoms with van der Waals surface area (Å²) in [6.45, 7) is 5.64. The molecule has 6 nitrogen and oxygen atoms in total. The maximum absolute atomic E-state index is 12.5. The molecule has 1 aromatic carbocycles. The van der Waals surface area contributed by atoms with E-state index in [1.807, 2.05) is 18.2 Å². The molecule has 2 heterocycles. The minimum absolute atomic E-state index is 0.0984. The largest absolute Gasteiger partial charge is 0.450 e. The molecule has 0 radical (unpaired) electrons. The predicted octanol–water partition coefficient (Wildman–Crippen LogP) is 3.24. The molecular formula is C20H25NO5. The van der Waals surface area contributed by atoms with Crippen molar-refractivity contribution >= 4 is 22.8 Å². The van der Waals surface area contributed by atoms with Crippen LogP contribution in [0.5, 0.6) is 0 Å². The van der Waals surface area contributed by atoms with Crippen LogP contribution in [-0.2, 0) is 20.9 Å². The molecule has 1 amide bonds. The first-order valence-electron chi connectivity index (χ1n) is 8.93. The molecule has 0 N–H and O–H groups in total. The SMILES string of the molecule is COCc1c(C(=O)OCC(=O)N2C[C@H](C)C[C@H](C)C2)oc2ccccc12. The van der Waals surface area contributed by atoms with Gasteiger partial charge in [-0.05, 0) is 24.3 Å². The van der Waals surface area contributed by atoms with E-state index in [-0.39, 0.29) is 24.9 Å². The van der Waals surface area contributed by atoms with Gasteiger partial charge in [-0.3, -0.25) is 4.79 Å². The summed E-state index contributed by atoms with van der Waals surface area (Å²) < 4.78 is 16.1. The molecule has 140 valence electrons. The van der Waals surface area contributed by atoms with Crippen molar-refractivity contribution in [2.24, 2.45) is 11.8 Å². The van der Waals surface area contributed by atoms with Crippen molar-refractivity contribution < 1.29 is 23.5 Å². The van der Waals surface area contributed by atoms with Gasteiger partial charge in [0.2, 0.25) is 5.76 Å². The molecule has 1 aliphatic rings.